The maximum atomic E-state index is 12.3. The lowest BCUT2D eigenvalue weighted by Gasteiger charge is -2.21. The van der Waals surface area contributed by atoms with E-state index in [1.54, 1.807) is 0 Å². The minimum absolute atomic E-state index is 0.0253. The van der Waals surface area contributed by atoms with E-state index in [1.807, 2.05) is 31.6 Å². The summed E-state index contributed by atoms with van der Waals surface area (Å²) < 4.78 is 1.86. The molecule has 23 heavy (non-hydrogen) atoms. The van der Waals surface area contributed by atoms with Crippen LogP contribution in [0.4, 0.5) is 0 Å². The lowest BCUT2D eigenvalue weighted by molar-refractivity contribution is 0.0952. The van der Waals surface area contributed by atoms with Crippen LogP contribution in [-0.4, -0.2) is 33.9 Å². The Morgan fingerprint density at radius 2 is 2.17 bits per heavy atom. The van der Waals surface area contributed by atoms with Gasteiger partial charge in [0.1, 0.15) is 4.83 Å². The Balaban J connectivity index is 2.00. The van der Waals surface area contributed by atoms with Gasteiger partial charge in [-0.1, -0.05) is 27.7 Å². The fraction of sp³-hybridized carbons (Fsp3) is 0.647. The standard InChI is InChI=1S/C17H27N3O2S/c1-11(2)14-12-9-13(23-16(12)20(5)19-14)15(22)18-8-6-7-17(3,4)10-21/h9,11,21H,6-8,10H2,1-5H3,(H,18,22). The molecule has 0 aromatic carbocycles. The van der Waals surface area contributed by atoms with Crippen molar-refractivity contribution in [2.45, 2.75) is 46.5 Å². The molecule has 128 valence electrons. The third-order valence-corrected chi connectivity index (χ3v) is 5.26. The number of carbonyl (C=O) groups is 1. The van der Waals surface area contributed by atoms with Gasteiger partial charge in [0.25, 0.3) is 5.91 Å². The lowest BCUT2D eigenvalue weighted by atomic mass is 9.89. The summed E-state index contributed by atoms with van der Waals surface area (Å²) in [7, 11) is 1.92. The van der Waals surface area contributed by atoms with Gasteiger partial charge < -0.3 is 10.4 Å². The average Bonchev–Trinajstić information content (AvgIpc) is 3.04. The zero-order valence-electron chi connectivity index (χ0n) is 14.6. The Morgan fingerprint density at radius 1 is 1.48 bits per heavy atom. The molecule has 6 heteroatoms. The predicted molar refractivity (Wildman–Crippen MR) is 95.1 cm³/mol. The van der Waals surface area contributed by atoms with Gasteiger partial charge >= 0.3 is 0 Å². The summed E-state index contributed by atoms with van der Waals surface area (Å²) in [6.07, 6.45) is 1.75. The molecule has 0 aliphatic heterocycles. The highest BCUT2D eigenvalue weighted by Gasteiger charge is 2.19. The van der Waals surface area contributed by atoms with E-state index in [9.17, 15) is 9.90 Å². The summed E-state index contributed by atoms with van der Waals surface area (Å²) in [5.41, 5.74) is 0.961. The number of hydrogen-bond acceptors (Lipinski definition) is 4. The number of thiophene rings is 1. The van der Waals surface area contributed by atoms with E-state index < -0.39 is 0 Å². The Hall–Kier alpha value is -1.40. The Labute approximate surface area is 141 Å². The summed E-state index contributed by atoms with van der Waals surface area (Å²) >= 11 is 1.49. The number of amides is 1. The quantitative estimate of drug-likeness (QED) is 0.762. The van der Waals surface area contributed by atoms with Crippen LogP contribution >= 0.6 is 11.3 Å². The van der Waals surface area contributed by atoms with Crippen molar-refractivity contribution in [3.63, 3.8) is 0 Å². The third-order valence-electron chi connectivity index (χ3n) is 4.05. The summed E-state index contributed by atoms with van der Waals surface area (Å²) in [6.45, 7) is 9.08. The molecule has 0 spiro atoms. The first-order chi connectivity index (χ1) is 10.7. The van der Waals surface area contributed by atoms with Crippen molar-refractivity contribution in [3.8, 4) is 0 Å². The molecule has 0 unspecified atom stereocenters. The number of carbonyl (C=O) groups excluding carboxylic acids is 1. The molecule has 0 radical (unpaired) electrons. The van der Waals surface area contributed by atoms with Gasteiger partial charge in [-0.25, -0.2) is 0 Å². The van der Waals surface area contributed by atoms with Crippen molar-refractivity contribution in [2.24, 2.45) is 12.5 Å². The molecular weight excluding hydrogens is 310 g/mol. The molecule has 0 fully saturated rings. The molecule has 2 heterocycles. The van der Waals surface area contributed by atoms with E-state index in [1.165, 1.54) is 11.3 Å². The van der Waals surface area contributed by atoms with Crippen LogP contribution in [0.3, 0.4) is 0 Å². The molecule has 2 N–H and O–H groups in total. The first kappa shape index (κ1) is 17.9. The fourth-order valence-electron chi connectivity index (χ4n) is 2.54. The maximum Gasteiger partial charge on any atom is 0.261 e. The van der Waals surface area contributed by atoms with Crippen LogP contribution in [0, 0.1) is 5.41 Å². The number of aryl methyl sites for hydroxylation is 1. The highest BCUT2D eigenvalue weighted by molar-refractivity contribution is 7.20. The van der Waals surface area contributed by atoms with Gasteiger partial charge in [-0.05, 0) is 30.2 Å². The summed E-state index contributed by atoms with van der Waals surface area (Å²) in [4.78, 5) is 14.1. The Bertz CT molecular complexity index is 685. The zero-order valence-corrected chi connectivity index (χ0v) is 15.5. The number of rotatable bonds is 7. The van der Waals surface area contributed by atoms with Crippen LogP contribution in [0.1, 0.15) is 61.8 Å². The van der Waals surface area contributed by atoms with Crippen molar-refractivity contribution in [3.05, 3.63) is 16.6 Å². The van der Waals surface area contributed by atoms with Crippen molar-refractivity contribution < 1.29 is 9.90 Å². The predicted octanol–water partition coefficient (Wildman–Crippen LogP) is 3.29. The highest BCUT2D eigenvalue weighted by Crippen LogP contribution is 2.31. The van der Waals surface area contributed by atoms with Gasteiger partial charge in [0.05, 0.1) is 10.6 Å². The molecule has 0 saturated heterocycles. The number of nitrogens with zero attached hydrogens (tertiary/aromatic N) is 2. The van der Waals surface area contributed by atoms with E-state index >= 15 is 0 Å². The van der Waals surface area contributed by atoms with Crippen LogP contribution in [0.15, 0.2) is 6.07 Å². The molecule has 1 amide bonds. The molecule has 2 aromatic heterocycles. The van der Waals surface area contributed by atoms with Crippen molar-refractivity contribution in [1.82, 2.24) is 15.1 Å². The van der Waals surface area contributed by atoms with Crippen LogP contribution in [0.5, 0.6) is 0 Å². The number of aliphatic hydroxyl groups excluding tert-OH is 1. The summed E-state index contributed by atoms with van der Waals surface area (Å²) in [6, 6.07) is 1.95. The maximum absolute atomic E-state index is 12.3. The fourth-order valence-corrected chi connectivity index (χ4v) is 3.54. The van der Waals surface area contributed by atoms with Crippen LogP contribution in [0.2, 0.25) is 0 Å². The van der Waals surface area contributed by atoms with Crippen LogP contribution in [0.25, 0.3) is 10.2 Å². The second kappa shape index (κ2) is 7.01. The summed E-state index contributed by atoms with van der Waals surface area (Å²) in [5, 5.41) is 17.8. The largest absolute Gasteiger partial charge is 0.396 e. The van der Waals surface area contributed by atoms with Gasteiger partial charge in [-0.2, -0.15) is 5.10 Å². The number of nitrogens with one attached hydrogen (secondary N) is 1. The topological polar surface area (TPSA) is 67.2 Å². The minimum atomic E-state index is -0.0832. The van der Waals surface area contributed by atoms with E-state index in [0.717, 1.165) is 33.6 Å². The molecule has 5 nitrogen and oxygen atoms in total. The SMILES string of the molecule is CC(C)c1nn(C)c2sc(C(=O)NCCCC(C)(C)CO)cc12. The zero-order chi connectivity index (χ0) is 17.2. The lowest BCUT2D eigenvalue weighted by Crippen LogP contribution is -2.25. The van der Waals surface area contributed by atoms with Gasteiger partial charge in [0.15, 0.2) is 0 Å². The number of aromatic nitrogens is 2. The molecule has 0 saturated carbocycles. The smallest absolute Gasteiger partial charge is 0.261 e. The number of aliphatic hydroxyl groups is 1. The van der Waals surface area contributed by atoms with Gasteiger partial charge in [0, 0.05) is 25.6 Å². The van der Waals surface area contributed by atoms with E-state index in [-0.39, 0.29) is 17.9 Å². The normalized spacial score (nSPS) is 12.3. The average molecular weight is 337 g/mol. The first-order valence-electron chi connectivity index (χ1n) is 8.10. The number of fused-ring (bicyclic) bond motifs is 1. The second-order valence-electron chi connectivity index (χ2n) is 7.17. The van der Waals surface area contributed by atoms with Crippen LogP contribution in [-0.2, 0) is 7.05 Å². The van der Waals surface area contributed by atoms with Gasteiger partial charge in [0.2, 0.25) is 0 Å². The van der Waals surface area contributed by atoms with Gasteiger partial charge in [-0.15, -0.1) is 11.3 Å². The van der Waals surface area contributed by atoms with E-state index in [0.29, 0.717) is 12.5 Å². The van der Waals surface area contributed by atoms with Gasteiger partial charge in [-0.3, -0.25) is 9.48 Å². The molecule has 0 aliphatic carbocycles. The molecule has 0 atom stereocenters. The van der Waals surface area contributed by atoms with E-state index in [4.69, 9.17) is 0 Å². The number of hydrogen-bond donors (Lipinski definition) is 2. The van der Waals surface area contributed by atoms with Crippen molar-refractivity contribution in [1.29, 1.82) is 0 Å². The first-order valence-corrected chi connectivity index (χ1v) is 8.92. The molecular formula is C17H27N3O2S. The second-order valence-corrected chi connectivity index (χ2v) is 8.21. The minimum Gasteiger partial charge on any atom is -0.396 e. The van der Waals surface area contributed by atoms with Crippen LogP contribution < -0.4 is 5.32 Å². The van der Waals surface area contributed by atoms with Crippen molar-refractivity contribution in [2.75, 3.05) is 13.2 Å². The van der Waals surface area contributed by atoms with Crippen molar-refractivity contribution >= 4 is 27.5 Å². The monoisotopic (exact) mass is 337 g/mol. The molecule has 2 aromatic rings. The molecule has 2 rings (SSSR count). The third kappa shape index (κ3) is 4.12. The molecule has 0 aliphatic rings. The highest BCUT2D eigenvalue weighted by atomic mass is 32.1. The van der Waals surface area contributed by atoms with E-state index in [2.05, 4.69) is 24.3 Å². The Morgan fingerprint density at radius 3 is 2.78 bits per heavy atom. The molecule has 0 bridgehead atoms. The Kier molecular flexibility index (Phi) is 5.47. The summed E-state index contributed by atoms with van der Waals surface area (Å²) in [5.74, 6) is 0.313.